The van der Waals surface area contributed by atoms with Crippen LogP contribution in [-0.4, -0.2) is 48.8 Å². The summed E-state index contributed by atoms with van der Waals surface area (Å²) in [4.78, 5) is 0. The van der Waals surface area contributed by atoms with Gasteiger partial charge in [0.1, 0.15) is 0 Å². The molecule has 2 heterocycles. The molecular weight excluding hydrogens is 468 g/mol. The van der Waals surface area contributed by atoms with E-state index in [4.69, 9.17) is 13.7 Å². The predicted octanol–water partition coefficient (Wildman–Crippen LogP) is 4.51. The van der Waals surface area contributed by atoms with Crippen molar-refractivity contribution >= 4 is 10.4 Å². The van der Waals surface area contributed by atoms with Gasteiger partial charge in [-0.25, -0.2) is 4.18 Å². The number of ether oxygens (including phenoxy) is 2. The normalized spacial score (nSPS) is 55.6. The molecule has 1 spiro atoms. The Kier molecular flexibility index (Phi) is 5.67. The third kappa shape index (κ3) is 3.57. The van der Waals surface area contributed by atoms with Crippen LogP contribution >= 0.6 is 0 Å². The third-order valence-electron chi connectivity index (χ3n) is 11.7. The monoisotopic (exact) mass is 510 g/mol. The Labute approximate surface area is 209 Å². The molecule has 35 heavy (non-hydrogen) atoms. The van der Waals surface area contributed by atoms with Gasteiger partial charge in [0.25, 0.3) is 0 Å². The van der Waals surface area contributed by atoms with E-state index < -0.39 is 33.8 Å². The summed E-state index contributed by atoms with van der Waals surface area (Å²) >= 11 is 0. The van der Waals surface area contributed by atoms with Gasteiger partial charge < -0.3 is 14.6 Å². The second-order valence-corrected chi connectivity index (χ2v) is 14.3. The molecule has 2 saturated heterocycles. The van der Waals surface area contributed by atoms with Crippen molar-refractivity contribution in [2.24, 2.45) is 46.3 Å². The number of rotatable bonds is 2. The largest absolute Gasteiger partial charge is 0.397 e. The molecule has 6 rings (SSSR count). The molecular formula is C27H42O7S. The third-order valence-corrected chi connectivity index (χ3v) is 12.1. The zero-order chi connectivity index (χ0) is 25.0. The lowest BCUT2D eigenvalue weighted by atomic mass is 9.46. The van der Waals surface area contributed by atoms with Crippen molar-refractivity contribution < 1.29 is 31.7 Å². The summed E-state index contributed by atoms with van der Waals surface area (Å²) in [5.74, 6) is 2.16. The number of hydrogen-bond acceptors (Lipinski definition) is 6. The summed E-state index contributed by atoms with van der Waals surface area (Å²) in [6.45, 7) is 9.96. The number of aliphatic hydroxyl groups excluding tert-OH is 1. The first-order chi connectivity index (χ1) is 16.4. The van der Waals surface area contributed by atoms with Gasteiger partial charge in [0, 0.05) is 24.2 Å². The number of fused-ring (bicyclic) bond motifs is 7. The Balaban J connectivity index is 1.30. The van der Waals surface area contributed by atoms with Gasteiger partial charge in [-0.2, -0.15) is 8.42 Å². The number of aliphatic hydroxyl groups is 1. The molecule has 6 aliphatic rings. The molecule has 0 unspecified atom stereocenters. The summed E-state index contributed by atoms with van der Waals surface area (Å²) in [5, 5.41) is 10.5. The Bertz CT molecular complexity index is 1000. The highest BCUT2D eigenvalue weighted by atomic mass is 32.3. The summed E-state index contributed by atoms with van der Waals surface area (Å²) in [7, 11) is -4.62. The smallest absolute Gasteiger partial charge is 0.393 e. The molecule has 2 aliphatic heterocycles. The second-order valence-electron chi connectivity index (χ2n) is 13.2. The van der Waals surface area contributed by atoms with Crippen LogP contribution in [0.1, 0.15) is 79.1 Å². The molecule has 4 aliphatic carbocycles. The van der Waals surface area contributed by atoms with Crippen molar-refractivity contribution in [3.05, 3.63) is 11.6 Å². The lowest BCUT2D eigenvalue weighted by Crippen LogP contribution is -2.57. The molecule has 0 aromatic rings. The van der Waals surface area contributed by atoms with Gasteiger partial charge in [0.2, 0.25) is 0 Å². The summed E-state index contributed by atoms with van der Waals surface area (Å²) in [6, 6.07) is 0. The topological polar surface area (TPSA) is 102 Å². The first-order valence-electron chi connectivity index (χ1n) is 13.7. The maximum atomic E-state index is 11.8. The molecule has 2 N–H and O–H groups in total. The molecule has 0 amide bonds. The molecule has 12 atom stereocenters. The van der Waals surface area contributed by atoms with E-state index in [1.807, 2.05) is 0 Å². The van der Waals surface area contributed by atoms with E-state index in [0.717, 1.165) is 50.7 Å². The van der Waals surface area contributed by atoms with Gasteiger partial charge in [0.05, 0.1) is 24.9 Å². The fourth-order valence-electron chi connectivity index (χ4n) is 9.98. The van der Waals surface area contributed by atoms with Gasteiger partial charge in [-0.05, 0) is 73.5 Å². The first-order valence-corrected chi connectivity index (χ1v) is 15.1. The van der Waals surface area contributed by atoms with Gasteiger partial charge in [-0.15, -0.1) is 0 Å². The van der Waals surface area contributed by atoms with Crippen molar-refractivity contribution in [2.45, 2.75) is 103 Å². The summed E-state index contributed by atoms with van der Waals surface area (Å²) in [6.07, 6.45) is 8.02. The fourth-order valence-corrected chi connectivity index (χ4v) is 10.6. The Morgan fingerprint density at radius 3 is 2.57 bits per heavy atom. The van der Waals surface area contributed by atoms with Crippen LogP contribution < -0.4 is 0 Å². The molecule has 8 heteroatoms. The highest BCUT2D eigenvalue weighted by Gasteiger charge is 2.69. The zero-order valence-corrected chi connectivity index (χ0v) is 22.3. The summed E-state index contributed by atoms with van der Waals surface area (Å²) in [5.41, 5.74) is 0.755. The first kappa shape index (κ1) is 24.8. The van der Waals surface area contributed by atoms with E-state index in [1.165, 1.54) is 0 Å². The number of hydrogen-bond donors (Lipinski definition) is 2. The van der Waals surface area contributed by atoms with E-state index in [2.05, 4.69) is 33.8 Å². The van der Waals surface area contributed by atoms with Crippen molar-refractivity contribution in [3.63, 3.8) is 0 Å². The minimum absolute atomic E-state index is 0.163. The quantitative estimate of drug-likeness (QED) is 0.416. The van der Waals surface area contributed by atoms with E-state index in [1.54, 1.807) is 0 Å². The molecule has 0 aromatic carbocycles. The lowest BCUT2D eigenvalue weighted by molar-refractivity contribution is -0.272. The number of allylic oxidation sites excluding steroid dienone is 1. The standard InChI is InChI=1S/C27H42O7S/c1-15-7-10-27(32-14-15)16(2)24-22(33-27)13-21-19-6-5-17-11-18(28)12-23(34-35(29,30)31)26(17,4)20(19)8-9-25(21,24)3/h5,15-16,18-24,28H,6-14H2,1-4H3,(H,29,30,31)/t15-,16+,18-,19-,20+,21+,22+,23-,24+,25+,26+,27-/m1/s1. The highest BCUT2D eigenvalue weighted by molar-refractivity contribution is 7.80. The average molecular weight is 511 g/mol. The van der Waals surface area contributed by atoms with Crippen LogP contribution in [-0.2, 0) is 24.1 Å². The lowest BCUT2D eigenvalue weighted by Gasteiger charge is -2.60. The van der Waals surface area contributed by atoms with Crippen LogP contribution in [0.15, 0.2) is 11.6 Å². The van der Waals surface area contributed by atoms with Crippen LogP contribution in [0.4, 0.5) is 0 Å². The highest BCUT2D eigenvalue weighted by Crippen LogP contribution is 2.70. The van der Waals surface area contributed by atoms with Crippen molar-refractivity contribution in [3.8, 4) is 0 Å². The minimum Gasteiger partial charge on any atom is -0.393 e. The van der Waals surface area contributed by atoms with Crippen LogP contribution in [0.3, 0.4) is 0 Å². The maximum Gasteiger partial charge on any atom is 0.397 e. The molecule has 0 bridgehead atoms. The van der Waals surface area contributed by atoms with Crippen molar-refractivity contribution in [1.82, 2.24) is 0 Å². The Morgan fingerprint density at radius 2 is 1.89 bits per heavy atom. The Morgan fingerprint density at radius 1 is 1.11 bits per heavy atom. The molecule has 3 saturated carbocycles. The average Bonchev–Trinajstić information content (AvgIpc) is 3.21. The van der Waals surface area contributed by atoms with Crippen LogP contribution in [0.2, 0.25) is 0 Å². The van der Waals surface area contributed by atoms with Gasteiger partial charge >= 0.3 is 10.4 Å². The van der Waals surface area contributed by atoms with Crippen LogP contribution in [0.5, 0.6) is 0 Å². The second kappa shape index (κ2) is 8.00. The Hall–Kier alpha value is -0.510. The van der Waals surface area contributed by atoms with Gasteiger partial charge in [0.15, 0.2) is 5.79 Å². The van der Waals surface area contributed by atoms with E-state index >= 15 is 0 Å². The van der Waals surface area contributed by atoms with E-state index in [9.17, 15) is 18.1 Å². The maximum absolute atomic E-state index is 11.8. The van der Waals surface area contributed by atoms with Crippen molar-refractivity contribution in [2.75, 3.05) is 6.61 Å². The van der Waals surface area contributed by atoms with E-state index in [0.29, 0.717) is 36.0 Å². The zero-order valence-electron chi connectivity index (χ0n) is 21.5. The molecule has 5 fully saturated rings. The minimum atomic E-state index is -4.62. The fraction of sp³-hybridized carbons (Fsp3) is 0.926. The van der Waals surface area contributed by atoms with Gasteiger partial charge in [-0.1, -0.05) is 39.3 Å². The predicted molar refractivity (Wildman–Crippen MR) is 130 cm³/mol. The molecule has 7 nitrogen and oxygen atoms in total. The van der Waals surface area contributed by atoms with E-state index in [-0.39, 0.29) is 23.9 Å². The SMILES string of the molecule is C[C@@H]1CC[C@@]2(OC1)O[C@H]1C[C@H]3[C@@H]4CC=C5C[C@@H](O)C[C@@H](OS(=O)(=O)O)[C@]5(C)[C@H]4CC[C@]3(C)[C@H]1[C@@H]2C. The molecule has 0 radical (unpaired) electrons. The van der Waals surface area contributed by atoms with Crippen LogP contribution in [0.25, 0.3) is 0 Å². The van der Waals surface area contributed by atoms with Crippen LogP contribution in [0, 0.1) is 46.3 Å². The van der Waals surface area contributed by atoms with Gasteiger partial charge in [-0.3, -0.25) is 4.55 Å². The molecule has 198 valence electrons. The van der Waals surface area contributed by atoms with Crippen molar-refractivity contribution in [1.29, 1.82) is 0 Å². The summed E-state index contributed by atoms with van der Waals surface area (Å²) < 4.78 is 51.6. The molecule has 0 aromatic heterocycles.